The van der Waals surface area contributed by atoms with E-state index in [1.54, 1.807) is 42.9 Å². The predicted molar refractivity (Wildman–Crippen MR) is 160 cm³/mol. The molecule has 1 aliphatic carbocycles. The van der Waals surface area contributed by atoms with Crippen molar-refractivity contribution in [3.05, 3.63) is 96.0 Å². The maximum atomic E-state index is 14.8. The van der Waals surface area contributed by atoms with E-state index >= 15 is 0 Å². The maximum Gasteiger partial charge on any atom is 0.407 e. The third-order valence-electron chi connectivity index (χ3n) is 7.45. The van der Waals surface area contributed by atoms with E-state index in [2.05, 4.69) is 45.9 Å². The molecule has 1 fully saturated rings. The van der Waals surface area contributed by atoms with Crippen LogP contribution in [0, 0.1) is 11.6 Å². The molecule has 14 heteroatoms. The van der Waals surface area contributed by atoms with Crippen LogP contribution in [0.4, 0.5) is 19.4 Å². The highest BCUT2D eigenvalue weighted by molar-refractivity contribution is 5.93. The number of rotatable bonds is 9. The molecule has 0 saturated heterocycles. The normalized spacial score (nSPS) is 16.2. The van der Waals surface area contributed by atoms with Crippen LogP contribution in [0.1, 0.15) is 47.3 Å². The van der Waals surface area contributed by atoms with Crippen molar-refractivity contribution in [3.8, 4) is 11.4 Å². The first kappa shape index (κ1) is 29.5. The number of aromatic amines is 1. The lowest BCUT2D eigenvalue weighted by Gasteiger charge is -2.30. The Hall–Kier alpha value is -5.53. The van der Waals surface area contributed by atoms with Gasteiger partial charge in [0.2, 0.25) is 0 Å². The second-order valence-electron chi connectivity index (χ2n) is 10.7. The number of pyridine rings is 3. The number of ether oxygens (including phenoxy) is 1. The highest BCUT2D eigenvalue weighted by atomic mass is 19.1. The van der Waals surface area contributed by atoms with Crippen LogP contribution in [0.5, 0.6) is 0 Å². The highest BCUT2D eigenvalue weighted by Crippen LogP contribution is 2.28. The van der Waals surface area contributed by atoms with Gasteiger partial charge in [-0.25, -0.2) is 28.5 Å². The van der Waals surface area contributed by atoms with Gasteiger partial charge >= 0.3 is 6.09 Å². The molecule has 1 aliphatic rings. The van der Waals surface area contributed by atoms with E-state index in [1.807, 2.05) is 0 Å². The molecule has 45 heavy (non-hydrogen) atoms. The molecule has 12 nitrogen and oxygen atoms in total. The van der Waals surface area contributed by atoms with Crippen molar-refractivity contribution in [2.45, 2.75) is 50.9 Å². The number of carbonyl (C=O) groups is 2. The molecule has 230 valence electrons. The number of hydrogen-bond acceptors (Lipinski definition) is 9. The Bertz CT molecular complexity index is 1820. The molecule has 5 aromatic heterocycles. The van der Waals surface area contributed by atoms with Crippen molar-refractivity contribution >= 4 is 28.9 Å². The van der Waals surface area contributed by atoms with Crippen LogP contribution in [-0.4, -0.2) is 54.0 Å². The number of amides is 2. The minimum absolute atomic E-state index is 0.0230. The largest absolute Gasteiger partial charge is 0.445 e. The fraction of sp³-hybridized carbons (Fsp3) is 0.258. The van der Waals surface area contributed by atoms with Gasteiger partial charge < -0.3 is 25.7 Å². The molecule has 2 atom stereocenters. The molecule has 0 aromatic carbocycles. The van der Waals surface area contributed by atoms with Crippen LogP contribution in [-0.2, 0) is 17.9 Å². The van der Waals surface area contributed by atoms with E-state index in [9.17, 15) is 18.4 Å². The van der Waals surface area contributed by atoms with Crippen molar-refractivity contribution in [2.24, 2.45) is 0 Å². The van der Waals surface area contributed by atoms with Crippen molar-refractivity contribution in [1.82, 2.24) is 40.5 Å². The molecule has 4 N–H and O–H groups in total. The fourth-order valence-electron chi connectivity index (χ4n) is 5.23. The van der Waals surface area contributed by atoms with Gasteiger partial charge in [0.25, 0.3) is 5.91 Å². The van der Waals surface area contributed by atoms with Crippen LogP contribution in [0.15, 0.2) is 67.5 Å². The van der Waals surface area contributed by atoms with Crippen LogP contribution in [0.3, 0.4) is 0 Å². The van der Waals surface area contributed by atoms with Gasteiger partial charge in [0.1, 0.15) is 23.8 Å². The minimum atomic E-state index is -0.622. The number of alkyl carbamates (subject to hydrolysis) is 1. The molecule has 0 spiro atoms. The molecule has 0 bridgehead atoms. The average molecular weight is 614 g/mol. The second-order valence-corrected chi connectivity index (χ2v) is 10.7. The molecule has 0 radical (unpaired) electrons. The summed E-state index contributed by atoms with van der Waals surface area (Å²) >= 11 is 0. The number of anilines is 1. The number of hydrogen-bond donors (Lipinski definition) is 4. The topological polar surface area (TPSA) is 160 Å². The predicted octanol–water partition coefficient (Wildman–Crippen LogP) is 4.67. The first-order chi connectivity index (χ1) is 21.9. The lowest BCUT2D eigenvalue weighted by molar-refractivity contribution is 0.0921. The van der Waals surface area contributed by atoms with Crippen molar-refractivity contribution in [1.29, 1.82) is 0 Å². The Kier molecular flexibility index (Phi) is 8.80. The van der Waals surface area contributed by atoms with Gasteiger partial charge in [-0.15, -0.1) is 0 Å². The zero-order valence-electron chi connectivity index (χ0n) is 24.0. The average Bonchev–Trinajstić information content (AvgIpc) is 3.47. The summed E-state index contributed by atoms with van der Waals surface area (Å²) in [4.78, 5) is 48.7. The number of aromatic nitrogens is 6. The first-order valence-corrected chi connectivity index (χ1v) is 14.4. The highest BCUT2D eigenvalue weighted by Gasteiger charge is 2.26. The zero-order valence-corrected chi connectivity index (χ0v) is 24.0. The van der Waals surface area contributed by atoms with Crippen LogP contribution in [0.25, 0.3) is 22.4 Å². The summed E-state index contributed by atoms with van der Waals surface area (Å²) in [5.41, 5.74) is 2.66. The number of H-pyrrole nitrogens is 1. The van der Waals surface area contributed by atoms with E-state index in [-0.39, 0.29) is 41.9 Å². The molecule has 6 rings (SSSR count). The summed E-state index contributed by atoms with van der Waals surface area (Å²) in [5.74, 6) is -1.24. The Balaban J connectivity index is 1.04. The van der Waals surface area contributed by atoms with Gasteiger partial charge in [0, 0.05) is 54.4 Å². The lowest BCUT2D eigenvalue weighted by atomic mass is 9.91. The first-order valence-electron chi connectivity index (χ1n) is 14.4. The molecule has 1 saturated carbocycles. The summed E-state index contributed by atoms with van der Waals surface area (Å²) in [7, 11) is 0. The Morgan fingerprint density at radius 1 is 0.978 bits per heavy atom. The molecule has 0 unspecified atom stereocenters. The van der Waals surface area contributed by atoms with Crippen molar-refractivity contribution in [2.75, 3.05) is 5.32 Å². The summed E-state index contributed by atoms with van der Waals surface area (Å²) in [5, 5.41) is 9.33. The number of carbonyl (C=O) groups excluding carboxylic acids is 2. The Morgan fingerprint density at radius 3 is 2.67 bits per heavy atom. The Labute approximate surface area is 256 Å². The van der Waals surface area contributed by atoms with Crippen molar-refractivity contribution in [3.63, 3.8) is 0 Å². The summed E-state index contributed by atoms with van der Waals surface area (Å²) < 4.78 is 33.8. The molecule has 5 heterocycles. The zero-order chi connectivity index (χ0) is 31.2. The van der Waals surface area contributed by atoms with E-state index in [0.717, 1.165) is 37.2 Å². The number of fused-ring (bicyclic) bond motifs is 1. The lowest BCUT2D eigenvalue weighted by Crippen LogP contribution is -2.42. The second kappa shape index (κ2) is 13.4. The van der Waals surface area contributed by atoms with Gasteiger partial charge in [0.05, 0.1) is 12.4 Å². The molecular weight excluding hydrogens is 584 g/mol. The van der Waals surface area contributed by atoms with Gasteiger partial charge in [-0.3, -0.25) is 14.8 Å². The van der Waals surface area contributed by atoms with Gasteiger partial charge in [-0.2, -0.15) is 0 Å². The van der Waals surface area contributed by atoms with Gasteiger partial charge in [-0.1, -0.05) is 0 Å². The van der Waals surface area contributed by atoms with Crippen LogP contribution in [0.2, 0.25) is 0 Å². The number of nitrogens with zero attached hydrogens (tertiary/aromatic N) is 5. The molecule has 5 aromatic rings. The quantitative estimate of drug-likeness (QED) is 0.185. The van der Waals surface area contributed by atoms with Crippen LogP contribution < -0.4 is 16.0 Å². The van der Waals surface area contributed by atoms with Crippen LogP contribution >= 0.6 is 0 Å². The number of halogens is 2. The van der Waals surface area contributed by atoms with Crippen molar-refractivity contribution < 1.29 is 23.1 Å². The summed E-state index contributed by atoms with van der Waals surface area (Å²) in [6.07, 6.45) is 10.8. The van der Waals surface area contributed by atoms with E-state index in [4.69, 9.17) is 4.74 Å². The van der Waals surface area contributed by atoms with E-state index in [0.29, 0.717) is 35.1 Å². The number of nitrogens with one attached hydrogen (secondary N) is 4. The molecule has 2 amide bonds. The van der Waals surface area contributed by atoms with E-state index < -0.39 is 17.7 Å². The third-order valence-corrected chi connectivity index (χ3v) is 7.45. The summed E-state index contributed by atoms with van der Waals surface area (Å²) in [6.45, 7) is 0.271. The Morgan fingerprint density at radius 2 is 1.80 bits per heavy atom. The minimum Gasteiger partial charge on any atom is -0.445 e. The standard InChI is InChI=1S/C31H29F2N9O3/c32-20-11-23-24(15-37-27(23)36-14-20)28-38-16-25(33)29(42-28)40-21-2-1-3-22(12-21)41-30(43)26-10-19(6-9-35-26)17-45-31(44)39-13-18-4-7-34-8-5-18/h4-11,14-16,21-22H,1-3,12-13,17H2,(H,36,37)(H,39,44)(H,41,43)(H,38,40,42)/t21-,22+/m1/s1. The van der Waals surface area contributed by atoms with Gasteiger partial charge in [0.15, 0.2) is 17.5 Å². The smallest absolute Gasteiger partial charge is 0.407 e. The SMILES string of the molecule is O=C(NCc1ccncc1)OCc1ccnc(C(=O)N[C@H]2CCC[C@@H](Nc3nc(-c4c[nH]c5ncc(F)cc45)ncc3F)C2)c1. The fourth-order valence-corrected chi connectivity index (χ4v) is 5.23. The maximum absolute atomic E-state index is 14.8. The molecular formula is C31H29F2N9O3. The summed E-state index contributed by atoms with van der Waals surface area (Å²) in [6, 6.07) is 7.80. The van der Waals surface area contributed by atoms with Gasteiger partial charge in [-0.05, 0) is 67.1 Å². The molecule has 0 aliphatic heterocycles. The van der Waals surface area contributed by atoms with E-state index in [1.165, 1.54) is 12.3 Å². The monoisotopic (exact) mass is 613 g/mol. The third kappa shape index (κ3) is 7.34.